The van der Waals surface area contributed by atoms with Crippen molar-refractivity contribution in [1.82, 2.24) is 15.2 Å². The minimum Gasteiger partial charge on any atom is -0.493 e. The molecule has 6 heteroatoms. The van der Waals surface area contributed by atoms with Gasteiger partial charge in [-0.15, -0.1) is 0 Å². The molecule has 1 fully saturated rings. The molecule has 1 unspecified atom stereocenters. The van der Waals surface area contributed by atoms with Crippen molar-refractivity contribution in [2.75, 3.05) is 14.2 Å². The van der Waals surface area contributed by atoms with E-state index in [4.69, 9.17) is 15.3 Å². The Hall–Kier alpha value is -1.11. The van der Waals surface area contributed by atoms with Gasteiger partial charge in [-0.3, -0.25) is 10.5 Å². The van der Waals surface area contributed by atoms with Crippen LogP contribution in [0.2, 0.25) is 0 Å². The van der Waals surface area contributed by atoms with Crippen molar-refractivity contribution in [3.05, 3.63) is 11.9 Å². The van der Waals surface area contributed by atoms with Crippen LogP contribution in [0.5, 0.6) is 5.75 Å². The molecule has 1 aromatic rings. The number of nitrogens with two attached hydrogens (primary N) is 1. The van der Waals surface area contributed by atoms with Gasteiger partial charge in [-0.2, -0.15) is 5.10 Å². The van der Waals surface area contributed by atoms with Gasteiger partial charge in [0.1, 0.15) is 5.69 Å². The zero-order valence-corrected chi connectivity index (χ0v) is 11.3. The molecular formula is C12H22N4O2. The molecule has 102 valence electrons. The predicted octanol–water partition coefficient (Wildman–Crippen LogP) is 0.985. The van der Waals surface area contributed by atoms with Gasteiger partial charge in [0, 0.05) is 13.7 Å². The van der Waals surface area contributed by atoms with Gasteiger partial charge in [-0.25, -0.2) is 5.43 Å². The average molecular weight is 254 g/mol. The molecule has 0 amide bonds. The quantitative estimate of drug-likeness (QED) is 0.585. The summed E-state index contributed by atoms with van der Waals surface area (Å²) in [5.41, 5.74) is 3.60. The van der Waals surface area contributed by atoms with Gasteiger partial charge < -0.3 is 9.47 Å². The van der Waals surface area contributed by atoms with Crippen LogP contribution in [0.3, 0.4) is 0 Å². The van der Waals surface area contributed by atoms with Crippen molar-refractivity contribution >= 4 is 0 Å². The summed E-state index contributed by atoms with van der Waals surface area (Å²) in [5, 5.41) is 4.32. The average Bonchev–Trinajstić information content (AvgIpc) is 2.76. The molecule has 1 aliphatic rings. The second kappa shape index (κ2) is 5.26. The summed E-state index contributed by atoms with van der Waals surface area (Å²) >= 11 is 0. The van der Waals surface area contributed by atoms with Crippen molar-refractivity contribution in [1.29, 1.82) is 0 Å². The molecule has 1 heterocycles. The summed E-state index contributed by atoms with van der Waals surface area (Å²) in [6, 6.07) is -0.103. The molecule has 0 aromatic carbocycles. The summed E-state index contributed by atoms with van der Waals surface area (Å²) in [5.74, 6) is 6.51. The van der Waals surface area contributed by atoms with E-state index in [0.717, 1.165) is 37.3 Å². The third kappa shape index (κ3) is 1.90. The first-order valence-corrected chi connectivity index (χ1v) is 6.33. The first-order valence-electron chi connectivity index (χ1n) is 6.33. The maximum atomic E-state index is 5.76. The highest BCUT2D eigenvalue weighted by Gasteiger charge is 2.47. The maximum absolute atomic E-state index is 5.76. The predicted molar refractivity (Wildman–Crippen MR) is 68.1 cm³/mol. The zero-order valence-electron chi connectivity index (χ0n) is 11.3. The Morgan fingerprint density at radius 2 is 2.28 bits per heavy atom. The van der Waals surface area contributed by atoms with Crippen molar-refractivity contribution in [3.8, 4) is 5.75 Å². The van der Waals surface area contributed by atoms with Crippen LogP contribution in [0, 0.1) is 0 Å². The van der Waals surface area contributed by atoms with E-state index in [2.05, 4.69) is 10.5 Å². The fourth-order valence-corrected chi connectivity index (χ4v) is 2.69. The van der Waals surface area contributed by atoms with Crippen molar-refractivity contribution in [2.45, 2.75) is 44.4 Å². The number of aryl methyl sites for hydroxylation is 1. The zero-order chi connectivity index (χ0) is 13.2. The molecule has 0 bridgehead atoms. The van der Waals surface area contributed by atoms with Gasteiger partial charge in [0.05, 0.1) is 24.9 Å². The lowest BCUT2D eigenvalue weighted by Gasteiger charge is -2.46. The number of nitrogens with one attached hydrogen (secondary N) is 1. The van der Waals surface area contributed by atoms with Gasteiger partial charge >= 0.3 is 0 Å². The summed E-state index contributed by atoms with van der Waals surface area (Å²) in [6.07, 6.45) is 4.88. The summed E-state index contributed by atoms with van der Waals surface area (Å²) in [6.45, 7) is 2.82. The van der Waals surface area contributed by atoms with E-state index < -0.39 is 0 Å². The van der Waals surface area contributed by atoms with E-state index in [9.17, 15) is 0 Å². The highest BCUT2D eigenvalue weighted by atomic mass is 16.5. The second-order valence-corrected chi connectivity index (χ2v) is 4.64. The van der Waals surface area contributed by atoms with Crippen LogP contribution < -0.4 is 16.0 Å². The fourth-order valence-electron chi connectivity index (χ4n) is 2.69. The van der Waals surface area contributed by atoms with Crippen LogP contribution in [0.25, 0.3) is 0 Å². The molecule has 6 nitrogen and oxygen atoms in total. The SMILES string of the molecule is CCn1ncc(OC)c1C(NN)C1(OC)CCC1. The smallest absolute Gasteiger partial charge is 0.161 e. The molecule has 2 rings (SSSR count). The molecule has 1 saturated carbocycles. The lowest BCUT2D eigenvalue weighted by Crippen LogP contribution is -2.53. The van der Waals surface area contributed by atoms with E-state index in [0.29, 0.717) is 0 Å². The van der Waals surface area contributed by atoms with Crippen molar-refractivity contribution in [3.63, 3.8) is 0 Å². The number of rotatable bonds is 6. The van der Waals surface area contributed by atoms with Crippen molar-refractivity contribution in [2.24, 2.45) is 5.84 Å². The van der Waals surface area contributed by atoms with E-state index in [-0.39, 0.29) is 11.6 Å². The van der Waals surface area contributed by atoms with E-state index >= 15 is 0 Å². The molecule has 0 aliphatic heterocycles. The Kier molecular flexibility index (Phi) is 3.89. The van der Waals surface area contributed by atoms with Gasteiger partial charge in [0.2, 0.25) is 0 Å². The van der Waals surface area contributed by atoms with Crippen LogP contribution in [0.4, 0.5) is 0 Å². The number of aromatic nitrogens is 2. The Balaban J connectivity index is 2.40. The molecule has 0 saturated heterocycles. The third-order valence-corrected chi connectivity index (χ3v) is 3.94. The van der Waals surface area contributed by atoms with Crippen molar-refractivity contribution < 1.29 is 9.47 Å². The third-order valence-electron chi connectivity index (χ3n) is 3.94. The molecule has 0 radical (unpaired) electrons. The lowest BCUT2D eigenvalue weighted by molar-refractivity contribution is -0.102. The highest BCUT2D eigenvalue weighted by molar-refractivity contribution is 5.31. The Morgan fingerprint density at radius 3 is 2.67 bits per heavy atom. The molecule has 1 aliphatic carbocycles. The monoisotopic (exact) mass is 254 g/mol. The minimum atomic E-state index is -0.241. The second-order valence-electron chi connectivity index (χ2n) is 4.64. The number of hydrogen-bond donors (Lipinski definition) is 2. The number of hydrogen-bond acceptors (Lipinski definition) is 5. The first-order chi connectivity index (χ1) is 8.72. The number of ether oxygens (including phenoxy) is 2. The number of hydrazine groups is 1. The summed E-state index contributed by atoms with van der Waals surface area (Å²) in [4.78, 5) is 0. The Morgan fingerprint density at radius 1 is 1.56 bits per heavy atom. The number of methoxy groups -OCH3 is 2. The number of nitrogens with zero attached hydrogens (tertiary/aromatic N) is 2. The van der Waals surface area contributed by atoms with Gasteiger partial charge in [-0.05, 0) is 26.2 Å². The largest absolute Gasteiger partial charge is 0.493 e. The normalized spacial score (nSPS) is 19.3. The minimum absolute atomic E-state index is 0.103. The van der Waals surface area contributed by atoms with Gasteiger partial charge in [0.15, 0.2) is 5.75 Å². The van der Waals surface area contributed by atoms with Crippen LogP contribution in [-0.2, 0) is 11.3 Å². The molecule has 1 aromatic heterocycles. The topological polar surface area (TPSA) is 74.3 Å². The molecule has 18 heavy (non-hydrogen) atoms. The fraction of sp³-hybridized carbons (Fsp3) is 0.750. The highest BCUT2D eigenvalue weighted by Crippen LogP contribution is 2.46. The first kappa shape index (κ1) is 13.3. The van der Waals surface area contributed by atoms with Gasteiger partial charge in [0.25, 0.3) is 0 Å². The molecular weight excluding hydrogens is 232 g/mol. The van der Waals surface area contributed by atoms with Crippen LogP contribution >= 0.6 is 0 Å². The van der Waals surface area contributed by atoms with Crippen LogP contribution in [0.1, 0.15) is 37.9 Å². The van der Waals surface area contributed by atoms with Crippen LogP contribution in [0.15, 0.2) is 6.20 Å². The summed E-state index contributed by atoms with van der Waals surface area (Å²) < 4.78 is 13.0. The Bertz CT molecular complexity index is 374. The molecule has 1 atom stereocenters. The van der Waals surface area contributed by atoms with E-state index in [1.165, 1.54) is 0 Å². The standard InChI is InChI=1S/C12H22N4O2/c1-4-16-10(9(17-2)8-14-16)11(15-13)12(18-3)6-5-7-12/h8,11,15H,4-7,13H2,1-3H3. The maximum Gasteiger partial charge on any atom is 0.161 e. The van der Waals surface area contributed by atoms with Gasteiger partial charge in [-0.1, -0.05) is 0 Å². The Labute approximate surface area is 107 Å². The van der Waals surface area contributed by atoms with E-state index in [1.807, 2.05) is 11.6 Å². The van der Waals surface area contributed by atoms with E-state index in [1.54, 1.807) is 20.4 Å². The summed E-state index contributed by atoms with van der Waals surface area (Å²) in [7, 11) is 3.39. The molecule has 3 N–H and O–H groups in total. The lowest BCUT2D eigenvalue weighted by atomic mass is 9.73. The molecule has 0 spiro atoms. The van der Waals surface area contributed by atoms with Crippen LogP contribution in [-0.4, -0.2) is 29.6 Å².